The van der Waals surface area contributed by atoms with E-state index in [-0.39, 0.29) is 12.3 Å². The van der Waals surface area contributed by atoms with Crippen LogP contribution in [0.5, 0.6) is 0 Å². The van der Waals surface area contributed by atoms with Gasteiger partial charge in [-0.2, -0.15) is 13.2 Å². The molecular weight excluding hydrogens is 193 g/mol. The van der Waals surface area contributed by atoms with Crippen LogP contribution in [0, 0.1) is 17.8 Å². The normalized spacial score (nSPS) is 47.4. The van der Waals surface area contributed by atoms with Crippen molar-refractivity contribution >= 4 is 0 Å². The van der Waals surface area contributed by atoms with E-state index in [0.717, 1.165) is 6.42 Å². The third-order valence-corrected chi connectivity index (χ3v) is 4.11. The van der Waals surface area contributed by atoms with Crippen molar-refractivity contribution in [3.05, 3.63) is 0 Å². The molecule has 0 heterocycles. The predicted molar refractivity (Wildman–Crippen MR) is 45.6 cm³/mol. The van der Waals surface area contributed by atoms with Crippen molar-refractivity contribution < 1.29 is 18.3 Å². The van der Waals surface area contributed by atoms with Gasteiger partial charge in [0.15, 0.2) is 5.60 Å². The van der Waals surface area contributed by atoms with E-state index in [1.165, 1.54) is 0 Å². The minimum absolute atomic E-state index is 0.0698. The Balaban J connectivity index is 2.16. The molecule has 0 saturated heterocycles. The fourth-order valence-corrected chi connectivity index (χ4v) is 3.27. The molecular formula is C10H15F3O. The average molecular weight is 208 g/mol. The first-order chi connectivity index (χ1) is 6.38. The summed E-state index contributed by atoms with van der Waals surface area (Å²) in [6.45, 7) is 2.01. The molecule has 2 aliphatic rings. The number of aliphatic hydroxyl groups is 1. The lowest BCUT2D eigenvalue weighted by atomic mass is 9.77. The van der Waals surface area contributed by atoms with E-state index in [0.29, 0.717) is 18.8 Å². The Kier molecular flexibility index (Phi) is 2.11. The minimum atomic E-state index is -4.44. The van der Waals surface area contributed by atoms with Crippen LogP contribution in [0.1, 0.15) is 32.6 Å². The molecule has 14 heavy (non-hydrogen) atoms. The fraction of sp³-hybridized carbons (Fsp3) is 1.00. The summed E-state index contributed by atoms with van der Waals surface area (Å²) in [5.74, 6) is -0.0447. The highest BCUT2D eigenvalue weighted by Gasteiger charge is 2.66. The maximum absolute atomic E-state index is 12.6. The average Bonchev–Trinajstić information content (AvgIpc) is 2.58. The Labute approximate surface area is 81.3 Å². The SMILES string of the molecule is CCC1CC2CC1CC2(O)C(F)(F)F. The number of fused-ring (bicyclic) bond motifs is 2. The van der Waals surface area contributed by atoms with Crippen molar-refractivity contribution in [2.24, 2.45) is 17.8 Å². The molecule has 1 N–H and O–H groups in total. The molecule has 4 heteroatoms. The second kappa shape index (κ2) is 2.87. The van der Waals surface area contributed by atoms with E-state index in [2.05, 4.69) is 0 Å². The monoisotopic (exact) mass is 208 g/mol. The first-order valence-corrected chi connectivity index (χ1v) is 5.17. The predicted octanol–water partition coefficient (Wildman–Crippen LogP) is 2.74. The molecule has 0 aromatic rings. The van der Waals surface area contributed by atoms with E-state index < -0.39 is 17.7 Å². The van der Waals surface area contributed by atoms with Crippen molar-refractivity contribution in [3.63, 3.8) is 0 Å². The maximum Gasteiger partial charge on any atom is 0.417 e. The first kappa shape index (κ1) is 10.3. The molecule has 1 nitrogen and oxygen atoms in total. The van der Waals surface area contributed by atoms with Crippen LogP contribution in [0.4, 0.5) is 13.2 Å². The van der Waals surface area contributed by atoms with Crippen molar-refractivity contribution in [3.8, 4) is 0 Å². The molecule has 0 aliphatic heterocycles. The van der Waals surface area contributed by atoms with E-state index in [1.54, 1.807) is 0 Å². The summed E-state index contributed by atoms with van der Waals surface area (Å²) in [4.78, 5) is 0. The molecule has 2 aliphatic carbocycles. The molecule has 0 amide bonds. The van der Waals surface area contributed by atoms with Crippen molar-refractivity contribution in [2.45, 2.75) is 44.4 Å². The topological polar surface area (TPSA) is 20.2 Å². The van der Waals surface area contributed by atoms with Crippen molar-refractivity contribution in [2.75, 3.05) is 0 Å². The summed E-state index contributed by atoms with van der Waals surface area (Å²) < 4.78 is 37.8. The molecule has 2 bridgehead atoms. The highest BCUT2D eigenvalue weighted by Crippen LogP contribution is 2.59. The van der Waals surface area contributed by atoms with Gasteiger partial charge in [0.25, 0.3) is 0 Å². The van der Waals surface area contributed by atoms with Crippen LogP contribution in [0.25, 0.3) is 0 Å². The summed E-state index contributed by atoms with van der Waals surface area (Å²) in [7, 11) is 0. The van der Waals surface area contributed by atoms with Gasteiger partial charge in [-0.15, -0.1) is 0 Å². The summed E-state index contributed by atoms with van der Waals surface area (Å²) in [5, 5.41) is 9.61. The van der Waals surface area contributed by atoms with Gasteiger partial charge in [-0.3, -0.25) is 0 Å². The van der Waals surface area contributed by atoms with Gasteiger partial charge in [-0.25, -0.2) is 0 Å². The Bertz CT molecular complexity index is 238. The quantitative estimate of drug-likeness (QED) is 0.702. The second-order valence-corrected chi connectivity index (χ2v) is 4.72. The van der Waals surface area contributed by atoms with Gasteiger partial charge in [-0.1, -0.05) is 13.3 Å². The van der Waals surface area contributed by atoms with Crippen LogP contribution in [0.2, 0.25) is 0 Å². The zero-order valence-corrected chi connectivity index (χ0v) is 8.14. The van der Waals surface area contributed by atoms with Crippen molar-refractivity contribution in [1.29, 1.82) is 0 Å². The highest BCUT2D eigenvalue weighted by molar-refractivity contribution is 5.07. The van der Waals surface area contributed by atoms with Crippen LogP contribution in [-0.2, 0) is 0 Å². The molecule has 4 unspecified atom stereocenters. The second-order valence-electron chi connectivity index (χ2n) is 4.72. The Morgan fingerprint density at radius 1 is 1.36 bits per heavy atom. The minimum Gasteiger partial charge on any atom is -0.380 e. The molecule has 2 rings (SSSR count). The molecule has 0 spiro atoms. The lowest BCUT2D eigenvalue weighted by Crippen LogP contribution is -2.50. The third-order valence-electron chi connectivity index (χ3n) is 4.11. The van der Waals surface area contributed by atoms with Gasteiger partial charge in [-0.05, 0) is 37.0 Å². The molecule has 0 aromatic carbocycles. The van der Waals surface area contributed by atoms with Crippen LogP contribution < -0.4 is 0 Å². The van der Waals surface area contributed by atoms with Crippen LogP contribution in [-0.4, -0.2) is 16.9 Å². The zero-order valence-electron chi connectivity index (χ0n) is 8.14. The maximum atomic E-state index is 12.6. The number of alkyl halides is 3. The van der Waals surface area contributed by atoms with E-state index in [1.807, 2.05) is 6.92 Å². The fourth-order valence-electron chi connectivity index (χ4n) is 3.27. The Morgan fingerprint density at radius 2 is 2.00 bits per heavy atom. The standard InChI is InChI=1S/C10H15F3O/c1-2-6-3-8-4-7(6)5-9(8,14)10(11,12)13/h6-8,14H,2-5H2,1H3. The van der Waals surface area contributed by atoms with Gasteiger partial charge in [0.1, 0.15) is 0 Å². The lowest BCUT2D eigenvalue weighted by Gasteiger charge is -2.36. The highest BCUT2D eigenvalue weighted by atomic mass is 19.4. The Hall–Kier alpha value is -0.250. The molecule has 2 saturated carbocycles. The van der Waals surface area contributed by atoms with E-state index >= 15 is 0 Å². The summed E-state index contributed by atoms with van der Waals surface area (Å²) in [6.07, 6.45) is -2.45. The smallest absolute Gasteiger partial charge is 0.380 e. The molecule has 0 radical (unpaired) electrons. The van der Waals surface area contributed by atoms with Crippen LogP contribution in [0.3, 0.4) is 0 Å². The molecule has 82 valence electrons. The third kappa shape index (κ3) is 1.19. The van der Waals surface area contributed by atoms with Gasteiger partial charge in [0.05, 0.1) is 0 Å². The van der Waals surface area contributed by atoms with Gasteiger partial charge < -0.3 is 5.11 Å². The summed E-state index contributed by atoms with van der Waals surface area (Å²) >= 11 is 0. The zero-order chi connectivity index (χ0) is 10.6. The number of hydrogen-bond acceptors (Lipinski definition) is 1. The first-order valence-electron chi connectivity index (χ1n) is 5.17. The molecule has 4 atom stereocenters. The molecule has 2 fully saturated rings. The summed E-state index contributed by atoms with van der Waals surface area (Å²) in [6, 6.07) is 0. The van der Waals surface area contributed by atoms with Gasteiger partial charge in [0, 0.05) is 0 Å². The largest absolute Gasteiger partial charge is 0.417 e. The number of hydrogen-bond donors (Lipinski definition) is 1. The van der Waals surface area contributed by atoms with Crippen LogP contribution in [0.15, 0.2) is 0 Å². The van der Waals surface area contributed by atoms with Gasteiger partial charge >= 0.3 is 6.18 Å². The lowest BCUT2D eigenvalue weighted by molar-refractivity contribution is -0.279. The Morgan fingerprint density at radius 3 is 2.36 bits per heavy atom. The number of halogens is 3. The van der Waals surface area contributed by atoms with Gasteiger partial charge in [0.2, 0.25) is 0 Å². The van der Waals surface area contributed by atoms with Crippen molar-refractivity contribution in [1.82, 2.24) is 0 Å². The van der Waals surface area contributed by atoms with Crippen LogP contribution >= 0.6 is 0 Å². The molecule has 0 aromatic heterocycles. The van der Waals surface area contributed by atoms with E-state index in [4.69, 9.17) is 0 Å². The summed E-state index contributed by atoms with van der Waals surface area (Å²) in [5.41, 5.74) is -2.37. The number of rotatable bonds is 1. The van der Waals surface area contributed by atoms with E-state index in [9.17, 15) is 18.3 Å².